The van der Waals surface area contributed by atoms with Crippen LogP contribution in [0.1, 0.15) is 89.2 Å². The number of piperazine rings is 1. The van der Waals surface area contributed by atoms with Crippen molar-refractivity contribution < 1.29 is 46.6 Å². The molecule has 1 aromatic heterocycles. The Hall–Kier alpha value is -6.50. The molecule has 1 saturated carbocycles. The fourth-order valence-electron chi connectivity index (χ4n) is 8.89. The van der Waals surface area contributed by atoms with Crippen molar-refractivity contribution >= 4 is 57.6 Å². The maximum atomic E-state index is 13.6. The molecule has 3 aliphatic heterocycles. The van der Waals surface area contributed by atoms with Crippen LogP contribution in [0.3, 0.4) is 0 Å². The first-order valence-corrected chi connectivity index (χ1v) is 21.7. The third-order valence-corrected chi connectivity index (χ3v) is 12.8. The lowest BCUT2D eigenvalue weighted by atomic mass is 10.0. The lowest BCUT2D eigenvalue weighted by molar-refractivity contribution is -0.138. The van der Waals surface area contributed by atoms with E-state index in [1.54, 1.807) is 43.0 Å². The van der Waals surface area contributed by atoms with Crippen LogP contribution in [0.4, 0.5) is 30.4 Å². The molecule has 3 aromatic carbocycles. The maximum absolute atomic E-state index is 13.6. The van der Waals surface area contributed by atoms with Crippen LogP contribution < -0.4 is 30.7 Å². The molecule has 65 heavy (non-hydrogen) atoms. The Kier molecular flexibility index (Phi) is 12.4. The Balaban J connectivity index is 0.820. The number of aryl methyl sites for hydroxylation is 1. The van der Waals surface area contributed by atoms with Crippen molar-refractivity contribution in [3.63, 3.8) is 0 Å². The molecule has 4 heterocycles. The number of nitrogen functional groups attached to an aromatic ring is 1. The zero-order chi connectivity index (χ0) is 46.4. The van der Waals surface area contributed by atoms with Crippen LogP contribution in [0.15, 0.2) is 48.5 Å². The van der Waals surface area contributed by atoms with E-state index in [9.17, 15) is 37.1 Å². The minimum absolute atomic E-state index is 0.000546. The molecule has 1 unspecified atom stereocenters. The first-order chi connectivity index (χ1) is 30.9. The van der Waals surface area contributed by atoms with E-state index in [1.165, 1.54) is 13.2 Å². The summed E-state index contributed by atoms with van der Waals surface area (Å²) in [5.74, 6) is -0.317. The largest absolute Gasteiger partial charge is 0.493 e. The summed E-state index contributed by atoms with van der Waals surface area (Å²) in [6.07, 6.45) is -1.56. The van der Waals surface area contributed by atoms with Gasteiger partial charge in [-0.2, -0.15) is 13.2 Å². The summed E-state index contributed by atoms with van der Waals surface area (Å²) in [4.78, 5) is 80.2. The molecule has 16 nitrogen and oxygen atoms in total. The number of alkyl halides is 3. The second kappa shape index (κ2) is 17.8. The van der Waals surface area contributed by atoms with E-state index in [0.29, 0.717) is 78.7 Å². The van der Waals surface area contributed by atoms with E-state index in [4.69, 9.17) is 15.2 Å². The van der Waals surface area contributed by atoms with Gasteiger partial charge in [-0.25, -0.2) is 9.97 Å². The topological polar surface area (TPSA) is 193 Å². The number of imide groups is 2. The van der Waals surface area contributed by atoms with E-state index in [-0.39, 0.29) is 41.0 Å². The minimum Gasteiger partial charge on any atom is -0.493 e. The number of benzene rings is 3. The van der Waals surface area contributed by atoms with Gasteiger partial charge in [-0.05, 0) is 94.1 Å². The van der Waals surface area contributed by atoms with Crippen molar-refractivity contribution in [3.8, 4) is 11.5 Å². The number of amides is 5. The van der Waals surface area contributed by atoms with E-state index in [1.807, 2.05) is 13.1 Å². The molecule has 3 fully saturated rings. The molecule has 0 spiro atoms. The Labute approximate surface area is 373 Å². The van der Waals surface area contributed by atoms with Crippen molar-refractivity contribution in [2.24, 2.45) is 5.41 Å². The predicted octanol–water partition coefficient (Wildman–Crippen LogP) is 5.34. The Bertz CT molecular complexity index is 2560. The van der Waals surface area contributed by atoms with Crippen molar-refractivity contribution in [1.29, 1.82) is 0 Å². The zero-order valence-electron chi connectivity index (χ0n) is 36.7. The normalized spacial score (nSPS) is 19.0. The van der Waals surface area contributed by atoms with Gasteiger partial charge in [0.1, 0.15) is 17.7 Å². The molecule has 4 aliphatic rings. The van der Waals surface area contributed by atoms with Gasteiger partial charge in [-0.15, -0.1) is 0 Å². The highest BCUT2D eigenvalue weighted by molar-refractivity contribution is 6.23. The number of rotatable bonds is 15. The number of fused-ring (bicyclic) bond motifs is 2. The molecule has 19 heteroatoms. The van der Waals surface area contributed by atoms with Gasteiger partial charge in [0.2, 0.25) is 17.7 Å². The monoisotopic (exact) mass is 899 g/mol. The van der Waals surface area contributed by atoms with Crippen molar-refractivity contribution in [3.05, 3.63) is 76.6 Å². The van der Waals surface area contributed by atoms with E-state index >= 15 is 0 Å². The molecule has 1 aliphatic carbocycles. The van der Waals surface area contributed by atoms with Crippen LogP contribution in [0.2, 0.25) is 0 Å². The summed E-state index contributed by atoms with van der Waals surface area (Å²) in [7, 11) is 3.34. The van der Waals surface area contributed by atoms with Crippen LogP contribution in [-0.2, 0) is 20.6 Å². The summed E-state index contributed by atoms with van der Waals surface area (Å²) in [5, 5.41) is 6.06. The van der Waals surface area contributed by atoms with Crippen molar-refractivity contribution in [2.45, 2.75) is 70.6 Å². The predicted molar refractivity (Wildman–Crippen MR) is 235 cm³/mol. The Morgan fingerprint density at radius 1 is 1.00 bits per heavy atom. The zero-order valence-corrected chi connectivity index (χ0v) is 36.7. The number of nitrogens with one attached hydrogen (secondary N) is 2. The third-order valence-electron chi connectivity index (χ3n) is 12.8. The van der Waals surface area contributed by atoms with Gasteiger partial charge in [0.05, 0.1) is 42.0 Å². The molecule has 8 rings (SSSR count). The van der Waals surface area contributed by atoms with Crippen LogP contribution in [0, 0.1) is 12.3 Å². The summed E-state index contributed by atoms with van der Waals surface area (Å²) in [5.41, 5.74) is 6.99. The van der Waals surface area contributed by atoms with Gasteiger partial charge in [0.15, 0.2) is 11.5 Å². The van der Waals surface area contributed by atoms with Crippen LogP contribution in [0.5, 0.6) is 11.5 Å². The number of anilines is 3. The number of carbonyl (C=O) groups excluding carboxylic acids is 5. The number of hydrogen-bond acceptors (Lipinski definition) is 13. The highest BCUT2D eigenvalue weighted by atomic mass is 19.4. The number of aromatic nitrogens is 2. The third kappa shape index (κ3) is 9.65. The van der Waals surface area contributed by atoms with E-state index in [0.717, 1.165) is 55.2 Å². The SMILES string of the molecule is COc1cc2nc(C)nc(N[C@H](C)c3cc(N)cc(C(F)(F)F)c3)c2cc1OCC1(CN(C)C(=O)CCCN2CCN(c3ccc4c(c3)C(=O)N(C3CCC(=O)NC3=O)C4=O)CC2)CC1. The summed E-state index contributed by atoms with van der Waals surface area (Å²) in [6, 6.07) is 10.5. The summed E-state index contributed by atoms with van der Waals surface area (Å²) < 4.78 is 52.8. The van der Waals surface area contributed by atoms with Gasteiger partial charge < -0.3 is 30.3 Å². The molecule has 0 radical (unpaired) electrons. The molecule has 344 valence electrons. The average molecular weight is 900 g/mol. The maximum Gasteiger partial charge on any atom is 0.416 e. The standard InChI is InChI=1S/C46H52F3N9O7/c1-26(28-18-29(46(47,48)49)20-30(50)19-28)51-41-34-22-38(37(64-4)23-35(34)52-27(2)53-41)65-25-45(11-12-45)24-55(3)40(60)6-5-13-56-14-16-57(17-15-56)31-7-8-32-33(21-31)44(63)58(43(32)62)36-9-10-39(59)54-42(36)61/h7-8,18-23,26,36H,5-6,9-17,24-25,50H2,1-4H3,(H,51,52,53)(H,54,59,61)/t26-,36?/m1/s1. The lowest BCUT2D eigenvalue weighted by Gasteiger charge is -2.36. The molecule has 4 aromatic rings. The fraction of sp³-hybridized carbons (Fsp3) is 0.457. The highest BCUT2D eigenvalue weighted by Crippen LogP contribution is 2.47. The number of methoxy groups -OCH3 is 1. The molecule has 2 saturated heterocycles. The lowest BCUT2D eigenvalue weighted by Crippen LogP contribution is -2.54. The average Bonchev–Trinajstić information content (AvgIpc) is 3.99. The number of carbonyl (C=O) groups is 5. The summed E-state index contributed by atoms with van der Waals surface area (Å²) in [6.45, 7) is 7.93. The van der Waals surface area contributed by atoms with E-state index < -0.39 is 47.5 Å². The Morgan fingerprint density at radius 2 is 1.74 bits per heavy atom. The van der Waals surface area contributed by atoms with Crippen LogP contribution >= 0.6 is 0 Å². The highest BCUT2D eigenvalue weighted by Gasteiger charge is 2.46. The van der Waals surface area contributed by atoms with Gasteiger partial charge in [0.25, 0.3) is 11.8 Å². The quantitative estimate of drug-likeness (QED) is 0.102. The minimum atomic E-state index is -4.55. The Morgan fingerprint density at radius 3 is 2.43 bits per heavy atom. The van der Waals surface area contributed by atoms with Gasteiger partial charge in [-0.3, -0.25) is 39.1 Å². The number of piperidine rings is 1. The molecule has 0 bridgehead atoms. The second-order valence-electron chi connectivity index (χ2n) is 17.5. The van der Waals surface area contributed by atoms with Crippen molar-refractivity contribution in [2.75, 3.05) is 76.0 Å². The molecule has 5 amide bonds. The van der Waals surface area contributed by atoms with E-state index in [2.05, 4.69) is 30.4 Å². The smallest absolute Gasteiger partial charge is 0.416 e. The number of nitrogens with zero attached hydrogens (tertiary/aromatic N) is 6. The first-order valence-electron chi connectivity index (χ1n) is 21.7. The second-order valence-corrected chi connectivity index (χ2v) is 17.5. The molecule has 4 N–H and O–H groups in total. The number of nitrogens with two attached hydrogens (primary N) is 1. The summed E-state index contributed by atoms with van der Waals surface area (Å²) >= 11 is 0. The van der Waals surface area contributed by atoms with Gasteiger partial charge in [-0.1, -0.05) is 0 Å². The molecular formula is C46H52F3N9O7. The number of halogens is 3. The number of ether oxygens (including phenoxy) is 2. The van der Waals surface area contributed by atoms with Crippen LogP contribution in [-0.4, -0.2) is 120 Å². The van der Waals surface area contributed by atoms with Gasteiger partial charge >= 0.3 is 6.18 Å². The molecular weight excluding hydrogens is 848 g/mol. The number of hydrogen-bond donors (Lipinski definition) is 3. The van der Waals surface area contributed by atoms with Gasteiger partial charge in [0, 0.05) is 80.9 Å². The van der Waals surface area contributed by atoms with Crippen LogP contribution in [0.25, 0.3) is 10.9 Å². The van der Waals surface area contributed by atoms with Crippen molar-refractivity contribution in [1.82, 2.24) is 30.0 Å². The first kappa shape index (κ1) is 45.1. The fourth-order valence-corrected chi connectivity index (χ4v) is 8.89. The molecule has 2 atom stereocenters.